The van der Waals surface area contributed by atoms with E-state index in [1.54, 1.807) is 12.1 Å². The van der Waals surface area contributed by atoms with Crippen LogP contribution >= 0.6 is 62.1 Å². The van der Waals surface area contributed by atoms with E-state index in [4.69, 9.17) is 44.5 Å². The van der Waals surface area contributed by atoms with Crippen molar-refractivity contribution >= 4 is 73.8 Å². The topological polar surface area (TPSA) is 43.6 Å². The predicted molar refractivity (Wildman–Crippen MR) is 179 cm³/mol. The second-order valence-corrected chi connectivity index (χ2v) is 13.5. The van der Waals surface area contributed by atoms with Crippen molar-refractivity contribution < 1.29 is 4.74 Å². The van der Waals surface area contributed by atoms with E-state index >= 15 is 0 Å². The molecule has 1 aliphatic carbocycles. The van der Waals surface area contributed by atoms with E-state index in [0.29, 0.717) is 36.8 Å². The molecule has 0 N–H and O–H groups in total. The van der Waals surface area contributed by atoms with Gasteiger partial charge in [0.1, 0.15) is 12.4 Å². The van der Waals surface area contributed by atoms with Crippen LogP contribution in [0, 0.1) is 0 Å². The summed E-state index contributed by atoms with van der Waals surface area (Å²) in [6.07, 6.45) is 3.65. The minimum Gasteiger partial charge on any atom is -0.488 e. The zero-order chi connectivity index (χ0) is 29.7. The van der Waals surface area contributed by atoms with Crippen LogP contribution in [0.5, 0.6) is 5.75 Å². The summed E-state index contributed by atoms with van der Waals surface area (Å²) in [7, 11) is 0. The first-order valence-corrected chi connectivity index (χ1v) is 16.3. The average Bonchev–Trinajstić information content (AvgIpc) is 3.31. The lowest BCUT2D eigenvalue weighted by Crippen LogP contribution is -2.38. The van der Waals surface area contributed by atoms with Crippen molar-refractivity contribution in [1.82, 2.24) is 4.57 Å². The van der Waals surface area contributed by atoms with Gasteiger partial charge in [-0.3, -0.25) is 9.36 Å². The highest BCUT2D eigenvalue weighted by Crippen LogP contribution is 2.41. The number of aryl methyl sites for hydroxylation is 1. The number of hydrogen-bond donors (Lipinski definition) is 0. The van der Waals surface area contributed by atoms with E-state index in [0.717, 1.165) is 50.8 Å². The Morgan fingerprint density at radius 2 is 1.74 bits per heavy atom. The van der Waals surface area contributed by atoms with Crippen LogP contribution in [0.4, 0.5) is 0 Å². The number of allylic oxidation sites excluding steroid dienone is 1. The summed E-state index contributed by atoms with van der Waals surface area (Å²) in [5.41, 5.74) is 7.20. The van der Waals surface area contributed by atoms with E-state index in [2.05, 4.69) is 34.1 Å². The molecule has 0 saturated heterocycles. The molecule has 214 valence electrons. The molecule has 0 amide bonds. The lowest BCUT2D eigenvalue weighted by Gasteiger charge is -2.30. The van der Waals surface area contributed by atoms with Gasteiger partial charge in [0, 0.05) is 26.2 Å². The molecule has 1 aromatic heterocycles. The molecule has 1 aliphatic heterocycles. The molecule has 0 spiro atoms. The summed E-state index contributed by atoms with van der Waals surface area (Å²) in [6.45, 7) is 0.297. The van der Waals surface area contributed by atoms with Crippen LogP contribution in [0.1, 0.15) is 40.3 Å². The minimum absolute atomic E-state index is 0.0667. The second-order valence-electron chi connectivity index (χ2n) is 10.4. The van der Waals surface area contributed by atoms with Gasteiger partial charge in [-0.25, -0.2) is 4.99 Å². The van der Waals surface area contributed by atoms with Crippen LogP contribution in [-0.4, -0.2) is 4.57 Å². The fourth-order valence-corrected chi connectivity index (χ4v) is 7.74. The first-order valence-electron chi connectivity index (χ1n) is 13.6. The van der Waals surface area contributed by atoms with E-state index < -0.39 is 0 Å². The number of benzene rings is 4. The van der Waals surface area contributed by atoms with Crippen LogP contribution in [0.3, 0.4) is 0 Å². The van der Waals surface area contributed by atoms with Crippen molar-refractivity contribution in [2.24, 2.45) is 4.99 Å². The maximum Gasteiger partial charge on any atom is 0.271 e. The summed E-state index contributed by atoms with van der Waals surface area (Å²) in [6, 6.07) is 27.0. The zero-order valence-electron chi connectivity index (χ0n) is 22.5. The summed E-state index contributed by atoms with van der Waals surface area (Å²) in [5, 5.41) is 1.79. The number of hydrogen-bond acceptors (Lipinski definition) is 4. The molecule has 4 nitrogen and oxygen atoms in total. The Labute approximate surface area is 275 Å². The number of halogens is 4. The normalized spacial score (nSPS) is 15.9. The van der Waals surface area contributed by atoms with Gasteiger partial charge in [0.05, 0.1) is 20.7 Å². The standard InChI is InChI=1S/C34H22BrCl3N2O2S/c35-27-15-19(5-14-29(27)42-18-22-8-12-24(37)17-28(22)38)16-30-33(41)40-32(21-6-10-23(36)11-7-21)26-13-9-20-3-1-2-4-25(20)31(26)39-34(40)43-30/h1-8,10-12,14-17,32H,9,13,18H2/b30-16+/t32-/m0/s1. The predicted octanol–water partition coefficient (Wildman–Crippen LogP) is 8.62. The van der Waals surface area contributed by atoms with Crippen molar-refractivity contribution in [2.45, 2.75) is 25.5 Å². The maximum absolute atomic E-state index is 14.0. The summed E-state index contributed by atoms with van der Waals surface area (Å²) in [4.78, 5) is 19.8. The Morgan fingerprint density at radius 1 is 0.953 bits per heavy atom. The van der Waals surface area contributed by atoms with Crippen LogP contribution in [-0.2, 0) is 13.0 Å². The van der Waals surface area contributed by atoms with Crippen LogP contribution in [0.2, 0.25) is 15.1 Å². The van der Waals surface area contributed by atoms with Gasteiger partial charge in [0.25, 0.3) is 5.56 Å². The molecule has 0 saturated carbocycles. The highest BCUT2D eigenvalue weighted by atomic mass is 79.9. The Hall–Kier alpha value is -3.13. The molecule has 43 heavy (non-hydrogen) atoms. The van der Waals surface area contributed by atoms with E-state index in [1.165, 1.54) is 16.9 Å². The zero-order valence-corrected chi connectivity index (χ0v) is 27.2. The summed E-state index contributed by atoms with van der Waals surface area (Å²) < 4.78 is 9.23. The third-order valence-electron chi connectivity index (χ3n) is 7.71. The molecular formula is C34H22BrCl3N2O2S. The first kappa shape index (κ1) is 28.6. The molecule has 0 fully saturated rings. The lowest BCUT2D eigenvalue weighted by molar-refractivity contribution is 0.304. The van der Waals surface area contributed by atoms with Gasteiger partial charge in [-0.1, -0.05) is 94.7 Å². The number of ether oxygens (including phenoxy) is 1. The largest absolute Gasteiger partial charge is 0.488 e. The first-order chi connectivity index (χ1) is 20.9. The van der Waals surface area contributed by atoms with E-state index in [9.17, 15) is 4.79 Å². The van der Waals surface area contributed by atoms with Crippen LogP contribution in [0.15, 0.2) is 105 Å². The van der Waals surface area contributed by atoms with Gasteiger partial charge in [-0.05, 0) is 93.5 Å². The Kier molecular flexibility index (Phi) is 7.83. The fraction of sp³-hybridized carbons (Fsp3) is 0.118. The van der Waals surface area contributed by atoms with Crippen molar-refractivity contribution in [2.75, 3.05) is 0 Å². The number of rotatable bonds is 5. The average molecular weight is 709 g/mol. The summed E-state index contributed by atoms with van der Waals surface area (Å²) in [5.74, 6) is 0.665. The molecule has 2 heterocycles. The quantitative estimate of drug-likeness (QED) is 0.184. The molecular weight excluding hydrogens is 687 g/mol. The monoisotopic (exact) mass is 706 g/mol. The van der Waals surface area contributed by atoms with Gasteiger partial charge in [0.15, 0.2) is 4.80 Å². The Bertz CT molecular complexity index is 2120. The molecule has 1 atom stereocenters. The van der Waals surface area contributed by atoms with Crippen molar-refractivity contribution in [3.8, 4) is 5.75 Å². The van der Waals surface area contributed by atoms with E-state index in [1.807, 2.05) is 65.2 Å². The third-order valence-corrected chi connectivity index (χ3v) is 10.2. The Balaban J connectivity index is 1.28. The SMILES string of the molecule is O=c1/c(=C\c2ccc(OCc3ccc(Cl)cc3Cl)c(Br)c2)sc2n1[C@@H](c1ccc(Cl)cc1)C1=C(N=2)c2ccccc2CC1. The molecule has 5 aromatic rings. The van der Waals surface area contributed by atoms with Crippen molar-refractivity contribution in [3.63, 3.8) is 0 Å². The van der Waals surface area contributed by atoms with Crippen LogP contribution in [0.25, 0.3) is 11.8 Å². The molecule has 0 unspecified atom stereocenters. The van der Waals surface area contributed by atoms with Gasteiger partial charge in [0.2, 0.25) is 0 Å². The number of fused-ring (bicyclic) bond motifs is 3. The fourth-order valence-electron chi connectivity index (χ4n) is 5.64. The summed E-state index contributed by atoms with van der Waals surface area (Å²) >= 11 is 23.6. The molecule has 2 aliphatic rings. The molecule has 7 rings (SSSR count). The third kappa shape index (κ3) is 5.52. The minimum atomic E-state index is -0.249. The Morgan fingerprint density at radius 3 is 2.53 bits per heavy atom. The molecule has 0 bridgehead atoms. The smallest absolute Gasteiger partial charge is 0.271 e. The van der Waals surface area contributed by atoms with Gasteiger partial charge in [-0.15, -0.1) is 0 Å². The van der Waals surface area contributed by atoms with Gasteiger partial charge >= 0.3 is 0 Å². The molecule has 0 radical (unpaired) electrons. The van der Waals surface area contributed by atoms with E-state index in [-0.39, 0.29) is 11.6 Å². The molecule has 4 aromatic carbocycles. The number of nitrogens with zero attached hydrogens (tertiary/aromatic N) is 2. The van der Waals surface area contributed by atoms with Crippen molar-refractivity contribution in [3.05, 3.63) is 158 Å². The second kappa shape index (κ2) is 11.8. The highest BCUT2D eigenvalue weighted by molar-refractivity contribution is 9.10. The number of thiazole rings is 1. The van der Waals surface area contributed by atoms with Gasteiger partial charge < -0.3 is 4.74 Å². The number of aromatic nitrogens is 1. The van der Waals surface area contributed by atoms with Gasteiger partial charge in [-0.2, -0.15) is 0 Å². The lowest BCUT2D eigenvalue weighted by atomic mass is 9.83. The van der Waals surface area contributed by atoms with Crippen molar-refractivity contribution in [1.29, 1.82) is 0 Å². The molecule has 9 heteroatoms. The maximum atomic E-state index is 14.0. The highest BCUT2D eigenvalue weighted by Gasteiger charge is 2.32. The van der Waals surface area contributed by atoms with Crippen LogP contribution < -0.4 is 19.6 Å².